The molecule has 2 aliphatic heterocycles. The van der Waals surface area contributed by atoms with Crippen LogP contribution in [-0.2, 0) is 14.3 Å². The van der Waals surface area contributed by atoms with Gasteiger partial charge in [0.1, 0.15) is 11.4 Å². The highest BCUT2D eigenvalue weighted by Crippen LogP contribution is 2.26. The Labute approximate surface area is 230 Å². The summed E-state index contributed by atoms with van der Waals surface area (Å²) in [5.74, 6) is 0.245. The fourth-order valence-corrected chi connectivity index (χ4v) is 4.78. The maximum atomic E-state index is 13.1. The van der Waals surface area contributed by atoms with Gasteiger partial charge in [-0.25, -0.2) is 15.4 Å². The molecule has 1 amide bonds. The van der Waals surface area contributed by atoms with Gasteiger partial charge in [-0.2, -0.15) is 4.99 Å². The second-order valence-electron chi connectivity index (χ2n) is 9.34. The summed E-state index contributed by atoms with van der Waals surface area (Å²) >= 11 is 0. The van der Waals surface area contributed by atoms with Gasteiger partial charge >= 0.3 is 5.90 Å². The summed E-state index contributed by atoms with van der Waals surface area (Å²) < 4.78 is 11.3. The van der Waals surface area contributed by atoms with Crippen molar-refractivity contribution in [3.63, 3.8) is 0 Å². The Balaban J connectivity index is 1.33. The van der Waals surface area contributed by atoms with E-state index in [4.69, 9.17) is 30.6 Å². The second kappa shape index (κ2) is 11.0. The number of para-hydroxylation sites is 2. The number of fused-ring (bicyclic) bond motifs is 2. The van der Waals surface area contributed by atoms with Gasteiger partial charge in [-0.05, 0) is 18.2 Å². The number of aliphatic imine (C=N–C) groups is 2. The number of benzene rings is 3. The van der Waals surface area contributed by atoms with Crippen molar-refractivity contribution in [2.45, 2.75) is 6.17 Å². The quantitative estimate of drug-likeness (QED) is 0.269. The summed E-state index contributed by atoms with van der Waals surface area (Å²) in [5, 5.41) is 10.2. The van der Waals surface area contributed by atoms with Crippen LogP contribution in [0.4, 0.5) is 11.5 Å². The standard InChI is InChI=1S/C30H27N7O3/c31-26(22-18-20-10-4-6-12-23(20)33-28(22)37-14-16-39-17-15-37)40-30(32)36-27-29(38)34-24-13-7-5-11-21(24)25(35-27)19-8-2-1-3-9-19/h1-13,18,27,31H,14-17H2,(H2,32,36)(H,34,38)/p+1. The number of carbonyl (C=O) groups is 1. The Bertz CT molecular complexity index is 1650. The number of nitrogens with one attached hydrogen (secondary N) is 1. The van der Waals surface area contributed by atoms with Gasteiger partial charge in [0.2, 0.25) is 6.17 Å². The molecule has 10 nitrogen and oxygen atoms in total. The van der Waals surface area contributed by atoms with Crippen LogP contribution >= 0.6 is 0 Å². The lowest BCUT2D eigenvalue weighted by atomic mass is 10.0. The van der Waals surface area contributed by atoms with Crippen LogP contribution < -0.4 is 21.4 Å². The molecule has 1 aromatic heterocycles. The number of amidine groups is 1. The van der Waals surface area contributed by atoms with Crippen molar-refractivity contribution in [3.05, 3.63) is 102 Å². The van der Waals surface area contributed by atoms with Crippen LogP contribution in [0.15, 0.2) is 94.9 Å². The van der Waals surface area contributed by atoms with Crippen LogP contribution in [0.3, 0.4) is 0 Å². The number of hydrogen-bond acceptors (Lipinski definition) is 7. The molecule has 0 spiro atoms. The predicted octanol–water partition coefficient (Wildman–Crippen LogP) is 1.72. The minimum Gasteiger partial charge on any atom is -0.378 e. The Hall–Kier alpha value is -5.09. The number of pyridine rings is 1. The van der Waals surface area contributed by atoms with E-state index in [9.17, 15) is 4.79 Å². The van der Waals surface area contributed by atoms with E-state index in [1.54, 1.807) is 0 Å². The lowest BCUT2D eigenvalue weighted by Gasteiger charge is -2.29. The van der Waals surface area contributed by atoms with E-state index in [0.29, 0.717) is 49.1 Å². The zero-order valence-corrected chi connectivity index (χ0v) is 21.7. The number of aromatic nitrogens is 1. The first kappa shape index (κ1) is 25.2. The first-order valence-corrected chi connectivity index (χ1v) is 13.0. The molecule has 2 aliphatic rings. The van der Waals surface area contributed by atoms with Crippen molar-refractivity contribution in [1.29, 1.82) is 0 Å². The lowest BCUT2D eigenvalue weighted by Crippen LogP contribution is -2.46. The number of amides is 1. The van der Waals surface area contributed by atoms with Crippen LogP contribution in [0.5, 0.6) is 0 Å². The van der Waals surface area contributed by atoms with E-state index in [-0.39, 0.29) is 11.9 Å². The topological polar surface area (TPSA) is 140 Å². The third-order valence-electron chi connectivity index (χ3n) is 6.72. The van der Waals surface area contributed by atoms with Crippen LogP contribution in [0, 0.1) is 0 Å². The van der Waals surface area contributed by atoms with E-state index in [0.717, 1.165) is 22.0 Å². The Morgan fingerprint density at radius 3 is 2.58 bits per heavy atom. The molecule has 1 unspecified atom stereocenters. The van der Waals surface area contributed by atoms with Gasteiger partial charge < -0.3 is 25.4 Å². The molecule has 40 heavy (non-hydrogen) atoms. The molecule has 5 N–H and O–H groups in total. The Morgan fingerprint density at radius 2 is 1.75 bits per heavy atom. The smallest absolute Gasteiger partial charge is 0.378 e. The number of nitrogens with zero attached hydrogens (tertiary/aromatic N) is 4. The fraction of sp³-hybridized carbons (Fsp3) is 0.167. The van der Waals surface area contributed by atoms with Gasteiger partial charge in [-0.1, -0.05) is 66.7 Å². The maximum Gasteiger partial charge on any atom is 0.378 e. The number of anilines is 2. The molecule has 1 saturated heterocycles. The Morgan fingerprint density at radius 1 is 1.02 bits per heavy atom. The number of ether oxygens (including phenoxy) is 2. The molecule has 6 rings (SSSR count). The van der Waals surface area contributed by atoms with Gasteiger partial charge in [-0.15, -0.1) is 0 Å². The second-order valence-corrected chi connectivity index (χ2v) is 9.34. The predicted molar refractivity (Wildman–Crippen MR) is 154 cm³/mol. The molecule has 0 bridgehead atoms. The molecular formula is C30H28N7O3+. The molecule has 3 aromatic carbocycles. The number of benzodiazepines with no additional fused rings is 1. The number of nitrogens with two attached hydrogens (primary N) is 2. The molecule has 0 saturated carbocycles. The van der Waals surface area contributed by atoms with E-state index in [1.165, 1.54) is 0 Å². The summed E-state index contributed by atoms with van der Waals surface area (Å²) in [7, 11) is 0. The number of morpholine rings is 1. The minimum atomic E-state index is -1.19. The highest BCUT2D eigenvalue weighted by molar-refractivity contribution is 6.19. The highest BCUT2D eigenvalue weighted by Gasteiger charge is 2.28. The summed E-state index contributed by atoms with van der Waals surface area (Å²) in [6.45, 7) is 2.49. The molecule has 1 fully saturated rings. The summed E-state index contributed by atoms with van der Waals surface area (Å²) in [4.78, 5) is 29.1. The molecule has 0 radical (unpaired) electrons. The molecule has 3 heterocycles. The maximum absolute atomic E-state index is 13.1. The molecule has 200 valence electrons. The van der Waals surface area contributed by atoms with Crippen LogP contribution in [0.2, 0.25) is 0 Å². The zero-order valence-electron chi connectivity index (χ0n) is 21.7. The molecule has 10 heteroatoms. The molecule has 0 aliphatic carbocycles. The van der Waals surface area contributed by atoms with Crippen molar-refractivity contribution < 1.29 is 19.7 Å². The van der Waals surface area contributed by atoms with Crippen molar-refractivity contribution in [3.8, 4) is 0 Å². The monoisotopic (exact) mass is 534 g/mol. The van der Waals surface area contributed by atoms with Gasteiger partial charge in [0.05, 0.1) is 30.1 Å². The number of hydrogen-bond donors (Lipinski definition) is 3. The fourth-order valence-electron chi connectivity index (χ4n) is 4.78. The van der Waals surface area contributed by atoms with Crippen LogP contribution in [0.25, 0.3) is 10.9 Å². The average molecular weight is 535 g/mol. The van der Waals surface area contributed by atoms with Crippen LogP contribution in [0.1, 0.15) is 16.7 Å². The number of rotatable bonds is 4. The largest absolute Gasteiger partial charge is 0.378 e. The zero-order chi connectivity index (χ0) is 27.5. The van der Waals surface area contributed by atoms with E-state index < -0.39 is 12.1 Å². The highest BCUT2D eigenvalue weighted by atomic mass is 16.5. The SMILES string of the molecule is N/C(=N\C1N=C(c2ccccc2)c2ccccc2NC1=O)OC(=[NH2+])c1cc2ccccc2nc1N1CCOCC1. The normalized spacial score (nSPS) is 17.4. The molecule has 4 aromatic rings. The molecule has 1 atom stereocenters. The Kier molecular flexibility index (Phi) is 6.90. The van der Waals surface area contributed by atoms with Crippen molar-refractivity contribution in [1.82, 2.24) is 4.98 Å². The van der Waals surface area contributed by atoms with Gasteiger partial charge in [0, 0.05) is 29.6 Å². The van der Waals surface area contributed by atoms with Crippen molar-refractivity contribution in [2.24, 2.45) is 15.7 Å². The van der Waals surface area contributed by atoms with Crippen molar-refractivity contribution >= 4 is 45.9 Å². The van der Waals surface area contributed by atoms with Gasteiger partial charge in [0.25, 0.3) is 11.9 Å². The van der Waals surface area contributed by atoms with Crippen LogP contribution in [-0.4, -0.2) is 61.0 Å². The van der Waals surface area contributed by atoms with Crippen molar-refractivity contribution in [2.75, 3.05) is 36.5 Å². The lowest BCUT2D eigenvalue weighted by molar-refractivity contribution is -0.131. The number of carbonyl (C=O) groups excluding carboxylic acids is 1. The summed E-state index contributed by atoms with van der Waals surface area (Å²) in [5.41, 5.74) is 10.5. The third-order valence-corrected chi connectivity index (χ3v) is 6.72. The van der Waals surface area contributed by atoms with E-state index in [2.05, 4.69) is 15.2 Å². The molecular weight excluding hydrogens is 506 g/mol. The first-order valence-electron chi connectivity index (χ1n) is 13.0. The third kappa shape index (κ3) is 5.12. The summed E-state index contributed by atoms with van der Waals surface area (Å²) in [6, 6.07) is 26.5. The van der Waals surface area contributed by atoms with E-state index >= 15 is 0 Å². The summed E-state index contributed by atoms with van der Waals surface area (Å²) in [6.07, 6.45) is -1.19. The first-order chi connectivity index (χ1) is 19.6. The van der Waals surface area contributed by atoms with Gasteiger partial charge in [-0.3, -0.25) is 4.79 Å². The minimum absolute atomic E-state index is 0.0190. The van der Waals surface area contributed by atoms with Gasteiger partial charge in [0.15, 0.2) is 0 Å². The average Bonchev–Trinajstić information content (AvgIpc) is 3.13. The van der Waals surface area contributed by atoms with E-state index in [1.807, 2.05) is 84.9 Å².